The van der Waals surface area contributed by atoms with E-state index < -0.39 is 17.3 Å². The largest absolute Gasteiger partial charge is 0.481 e. The van der Waals surface area contributed by atoms with E-state index in [1.807, 2.05) is 42.2 Å². The zero-order valence-electron chi connectivity index (χ0n) is 20.2. The van der Waals surface area contributed by atoms with E-state index in [0.29, 0.717) is 29.5 Å². The average molecular weight is 529 g/mol. The fourth-order valence-corrected chi connectivity index (χ4v) is 5.52. The van der Waals surface area contributed by atoms with E-state index in [1.54, 1.807) is 18.2 Å². The minimum absolute atomic E-state index is 0.171. The quantitative estimate of drug-likeness (QED) is 0.394. The van der Waals surface area contributed by atoms with Crippen LogP contribution in [0.2, 0.25) is 10.0 Å². The van der Waals surface area contributed by atoms with E-state index >= 15 is 0 Å². The summed E-state index contributed by atoms with van der Waals surface area (Å²) in [6.45, 7) is 2.61. The molecule has 0 bridgehead atoms. The first-order chi connectivity index (χ1) is 17.3. The van der Waals surface area contributed by atoms with E-state index in [0.717, 1.165) is 24.0 Å². The monoisotopic (exact) mass is 528 g/mol. The standard InChI is InChI=1S/C28H30Cl2N2O4/c1-2-23(15-36-17-28(16-31)10-11-28)32-26(18-6-8-21(29)9-7-18)24(19-4-3-5-22(30)12-19)13-20(27(32)35)14-25(33)34/h3-9,12,20,23-24,26H,2,10-11,13-15,17H2,1H3,(H,33,34)/t20-,23?,24-,26-/m1/s1. The van der Waals surface area contributed by atoms with Crippen molar-refractivity contribution in [2.75, 3.05) is 13.2 Å². The van der Waals surface area contributed by atoms with Gasteiger partial charge in [0, 0.05) is 21.9 Å². The van der Waals surface area contributed by atoms with Crippen molar-refractivity contribution >= 4 is 35.1 Å². The summed E-state index contributed by atoms with van der Waals surface area (Å²) in [5.74, 6) is -2.03. The van der Waals surface area contributed by atoms with Crippen molar-refractivity contribution in [3.63, 3.8) is 0 Å². The van der Waals surface area contributed by atoms with E-state index in [2.05, 4.69) is 6.07 Å². The predicted octanol–water partition coefficient (Wildman–Crippen LogP) is 6.24. The number of nitriles is 1. The molecule has 36 heavy (non-hydrogen) atoms. The molecule has 2 aromatic carbocycles. The van der Waals surface area contributed by atoms with Crippen molar-refractivity contribution in [1.82, 2.24) is 4.90 Å². The number of amides is 1. The van der Waals surface area contributed by atoms with Gasteiger partial charge in [0.1, 0.15) is 0 Å². The van der Waals surface area contributed by atoms with Gasteiger partial charge in [-0.15, -0.1) is 0 Å². The summed E-state index contributed by atoms with van der Waals surface area (Å²) in [6.07, 6.45) is 2.43. The number of hydrogen-bond donors (Lipinski definition) is 1. The Morgan fingerprint density at radius 1 is 1.19 bits per heavy atom. The molecule has 0 spiro atoms. The zero-order valence-corrected chi connectivity index (χ0v) is 21.7. The molecule has 4 atom stereocenters. The average Bonchev–Trinajstić information content (AvgIpc) is 3.64. The number of hydrogen-bond acceptors (Lipinski definition) is 4. The Hall–Kier alpha value is -2.59. The van der Waals surface area contributed by atoms with Crippen LogP contribution in [-0.4, -0.2) is 41.1 Å². The summed E-state index contributed by atoms with van der Waals surface area (Å²) in [7, 11) is 0. The number of likely N-dealkylation sites (tertiary alicyclic amines) is 1. The minimum Gasteiger partial charge on any atom is -0.481 e. The fourth-order valence-electron chi connectivity index (χ4n) is 5.20. The second-order valence-corrected chi connectivity index (χ2v) is 10.8. The van der Waals surface area contributed by atoms with Gasteiger partial charge < -0.3 is 14.7 Å². The lowest BCUT2D eigenvalue weighted by Gasteiger charge is -2.48. The molecule has 1 aliphatic heterocycles. The van der Waals surface area contributed by atoms with E-state index in [-0.39, 0.29) is 36.9 Å². The molecule has 0 aromatic heterocycles. The molecule has 1 amide bonds. The number of carboxylic acid groups (broad SMARTS) is 1. The van der Waals surface area contributed by atoms with Crippen LogP contribution in [0.1, 0.15) is 62.1 Å². The number of aliphatic carboxylic acids is 1. The van der Waals surface area contributed by atoms with Crippen LogP contribution in [0, 0.1) is 22.7 Å². The van der Waals surface area contributed by atoms with Gasteiger partial charge in [-0.1, -0.05) is 54.4 Å². The molecule has 4 rings (SSSR count). The summed E-state index contributed by atoms with van der Waals surface area (Å²) in [4.78, 5) is 27.4. The lowest BCUT2D eigenvalue weighted by atomic mass is 9.74. The smallest absolute Gasteiger partial charge is 0.304 e. The fraction of sp³-hybridized carbons (Fsp3) is 0.464. The molecule has 1 saturated heterocycles. The molecule has 6 nitrogen and oxygen atoms in total. The molecule has 1 unspecified atom stereocenters. The highest BCUT2D eigenvalue weighted by Crippen LogP contribution is 2.48. The van der Waals surface area contributed by atoms with Crippen molar-refractivity contribution in [2.24, 2.45) is 11.3 Å². The molecule has 1 aliphatic carbocycles. The number of carbonyl (C=O) groups is 2. The molecule has 1 saturated carbocycles. The van der Waals surface area contributed by atoms with Gasteiger partial charge in [-0.2, -0.15) is 5.26 Å². The molecule has 2 aliphatic rings. The van der Waals surface area contributed by atoms with Crippen molar-refractivity contribution in [1.29, 1.82) is 5.26 Å². The van der Waals surface area contributed by atoms with Gasteiger partial charge in [0.2, 0.25) is 5.91 Å². The highest BCUT2D eigenvalue weighted by atomic mass is 35.5. The first kappa shape index (κ1) is 26.5. The van der Waals surface area contributed by atoms with E-state index in [9.17, 15) is 20.0 Å². The molecule has 2 aromatic rings. The van der Waals surface area contributed by atoms with Crippen LogP contribution in [0.3, 0.4) is 0 Å². The minimum atomic E-state index is -1.00. The number of benzene rings is 2. The topological polar surface area (TPSA) is 90.6 Å². The third-order valence-electron chi connectivity index (χ3n) is 7.38. The van der Waals surface area contributed by atoms with Crippen LogP contribution in [0.4, 0.5) is 0 Å². The third-order valence-corrected chi connectivity index (χ3v) is 7.86. The van der Waals surface area contributed by atoms with Gasteiger partial charge in [-0.25, -0.2) is 0 Å². The second-order valence-electron chi connectivity index (χ2n) is 9.90. The maximum Gasteiger partial charge on any atom is 0.304 e. The Morgan fingerprint density at radius 3 is 2.50 bits per heavy atom. The van der Waals surface area contributed by atoms with Crippen molar-refractivity contribution in [3.05, 3.63) is 69.7 Å². The Balaban J connectivity index is 1.74. The summed E-state index contributed by atoms with van der Waals surface area (Å²) in [6, 6.07) is 16.7. The summed E-state index contributed by atoms with van der Waals surface area (Å²) < 4.78 is 6.01. The van der Waals surface area contributed by atoms with Gasteiger partial charge in [0.15, 0.2) is 0 Å². The molecule has 1 heterocycles. The van der Waals surface area contributed by atoms with Crippen molar-refractivity contribution < 1.29 is 19.4 Å². The van der Waals surface area contributed by atoms with Crippen LogP contribution < -0.4 is 0 Å². The SMILES string of the molecule is CCC(COCC1(C#N)CC1)N1C(=O)[C@@H](CC(=O)O)C[C@H](c2cccc(Cl)c2)[C@H]1c1ccc(Cl)cc1. The number of carbonyl (C=O) groups excluding carboxylic acids is 1. The van der Waals surface area contributed by atoms with Crippen LogP contribution in [0.15, 0.2) is 48.5 Å². The van der Waals surface area contributed by atoms with Crippen LogP contribution in [0.5, 0.6) is 0 Å². The lowest BCUT2D eigenvalue weighted by Crippen LogP contribution is -2.53. The van der Waals surface area contributed by atoms with Crippen LogP contribution in [-0.2, 0) is 14.3 Å². The molecular weight excluding hydrogens is 499 g/mol. The Morgan fingerprint density at radius 2 is 1.92 bits per heavy atom. The Labute approximate surface area is 221 Å². The van der Waals surface area contributed by atoms with Crippen LogP contribution in [0.25, 0.3) is 0 Å². The normalized spacial score (nSPS) is 23.7. The molecular formula is C28H30Cl2N2O4. The van der Waals surface area contributed by atoms with Gasteiger partial charge >= 0.3 is 5.97 Å². The predicted molar refractivity (Wildman–Crippen MR) is 138 cm³/mol. The number of ether oxygens (including phenoxy) is 1. The Bertz CT molecular complexity index is 1140. The number of carboxylic acids is 1. The Kier molecular flexibility index (Phi) is 8.24. The zero-order chi connectivity index (χ0) is 25.9. The highest BCUT2D eigenvalue weighted by molar-refractivity contribution is 6.30. The van der Waals surface area contributed by atoms with Gasteiger partial charge in [-0.3, -0.25) is 9.59 Å². The molecule has 190 valence electrons. The first-order valence-electron chi connectivity index (χ1n) is 12.3. The molecule has 8 heteroatoms. The van der Waals surface area contributed by atoms with Crippen LogP contribution >= 0.6 is 23.2 Å². The number of nitrogens with zero attached hydrogens (tertiary/aromatic N) is 2. The van der Waals surface area contributed by atoms with Gasteiger partial charge in [0.25, 0.3) is 0 Å². The summed E-state index contributed by atoms with van der Waals surface area (Å²) >= 11 is 12.5. The van der Waals surface area contributed by atoms with Crippen molar-refractivity contribution in [2.45, 2.75) is 57.0 Å². The second kappa shape index (κ2) is 11.2. The highest BCUT2D eigenvalue weighted by Gasteiger charge is 2.47. The summed E-state index contributed by atoms with van der Waals surface area (Å²) in [5.41, 5.74) is 1.46. The molecule has 2 fully saturated rings. The number of halogens is 2. The van der Waals surface area contributed by atoms with E-state index in [4.69, 9.17) is 27.9 Å². The maximum absolute atomic E-state index is 13.9. The van der Waals surface area contributed by atoms with Crippen molar-refractivity contribution in [3.8, 4) is 6.07 Å². The number of piperidine rings is 1. The third kappa shape index (κ3) is 5.86. The maximum atomic E-state index is 13.9. The molecule has 1 N–H and O–H groups in total. The summed E-state index contributed by atoms with van der Waals surface area (Å²) in [5, 5.41) is 20.2. The molecule has 0 radical (unpaired) electrons. The lowest BCUT2D eigenvalue weighted by molar-refractivity contribution is -0.154. The van der Waals surface area contributed by atoms with Gasteiger partial charge in [0.05, 0.1) is 43.2 Å². The first-order valence-corrected chi connectivity index (χ1v) is 13.1. The number of rotatable bonds is 10. The van der Waals surface area contributed by atoms with Gasteiger partial charge in [-0.05, 0) is 61.1 Å². The van der Waals surface area contributed by atoms with E-state index in [1.165, 1.54) is 0 Å².